The summed E-state index contributed by atoms with van der Waals surface area (Å²) in [5, 5.41) is 9.91. The van der Waals surface area contributed by atoms with Gasteiger partial charge in [0, 0.05) is 6.54 Å². The van der Waals surface area contributed by atoms with E-state index >= 15 is 0 Å². The van der Waals surface area contributed by atoms with Crippen molar-refractivity contribution in [2.75, 3.05) is 26.7 Å². The molecular weight excluding hydrogens is 188 g/mol. The molecule has 1 saturated carbocycles. The first-order valence-electron chi connectivity index (χ1n) is 6.08. The smallest absolute Gasteiger partial charge is 0.0631 e. The van der Waals surface area contributed by atoms with Crippen molar-refractivity contribution in [2.45, 2.75) is 38.2 Å². The van der Waals surface area contributed by atoms with E-state index in [1.54, 1.807) is 0 Å². The third kappa shape index (κ3) is 2.05. The first kappa shape index (κ1) is 11.4. The van der Waals surface area contributed by atoms with E-state index in [0.717, 1.165) is 25.9 Å². The normalized spacial score (nSPS) is 47.6. The highest BCUT2D eigenvalue weighted by molar-refractivity contribution is 5.06. The second-order valence-electron chi connectivity index (χ2n) is 6.02. The molecule has 3 heteroatoms. The molecule has 88 valence electrons. The largest absolute Gasteiger partial charge is 0.390 e. The van der Waals surface area contributed by atoms with E-state index < -0.39 is 5.60 Å². The van der Waals surface area contributed by atoms with Crippen molar-refractivity contribution in [1.29, 1.82) is 0 Å². The van der Waals surface area contributed by atoms with Crippen LogP contribution in [0.4, 0.5) is 0 Å². The maximum atomic E-state index is 9.91. The molecule has 2 rings (SSSR count). The van der Waals surface area contributed by atoms with Crippen molar-refractivity contribution >= 4 is 0 Å². The van der Waals surface area contributed by atoms with Gasteiger partial charge in [-0.2, -0.15) is 0 Å². The topological polar surface area (TPSA) is 49.5 Å². The number of hydrogen-bond acceptors (Lipinski definition) is 3. The zero-order valence-electron chi connectivity index (χ0n) is 10.00. The molecule has 2 aliphatic rings. The summed E-state index contributed by atoms with van der Waals surface area (Å²) in [7, 11) is 2.19. The van der Waals surface area contributed by atoms with Crippen molar-refractivity contribution in [3.63, 3.8) is 0 Å². The minimum atomic E-state index is -0.449. The standard InChI is InChI=1S/C12H24N2O/c1-11(15)7-12(8-11,9-13)10-4-3-5-14(2)6-10/h10,15H,3-9,13H2,1-2H3. The number of aliphatic hydroxyl groups is 1. The van der Waals surface area contributed by atoms with E-state index in [-0.39, 0.29) is 5.41 Å². The van der Waals surface area contributed by atoms with E-state index in [0.29, 0.717) is 5.92 Å². The molecule has 1 aliphatic carbocycles. The van der Waals surface area contributed by atoms with Gasteiger partial charge >= 0.3 is 0 Å². The molecule has 0 bridgehead atoms. The molecule has 0 spiro atoms. The van der Waals surface area contributed by atoms with Gasteiger partial charge in [0.2, 0.25) is 0 Å². The molecule has 3 N–H and O–H groups in total. The van der Waals surface area contributed by atoms with E-state index in [2.05, 4.69) is 11.9 Å². The summed E-state index contributed by atoms with van der Waals surface area (Å²) in [6, 6.07) is 0. The Hall–Kier alpha value is -0.120. The Kier molecular flexibility index (Phi) is 2.82. The molecule has 1 heterocycles. The van der Waals surface area contributed by atoms with Gasteiger partial charge in [-0.1, -0.05) is 0 Å². The van der Waals surface area contributed by atoms with Crippen LogP contribution >= 0.6 is 0 Å². The molecule has 1 unspecified atom stereocenters. The highest BCUT2D eigenvalue weighted by Gasteiger charge is 2.54. The van der Waals surface area contributed by atoms with Crippen LogP contribution < -0.4 is 5.73 Å². The molecular formula is C12H24N2O. The summed E-state index contributed by atoms with van der Waals surface area (Å²) in [4.78, 5) is 2.40. The van der Waals surface area contributed by atoms with Crippen LogP contribution in [-0.2, 0) is 0 Å². The Labute approximate surface area is 92.6 Å². The van der Waals surface area contributed by atoms with Gasteiger partial charge in [-0.3, -0.25) is 0 Å². The lowest BCUT2D eigenvalue weighted by atomic mass is 9.53. The summed E-state index contributed by atoms with van der Waals surface area (Å²) in [6.07, 6.45) is 4.37. The Morgan fingerprint density at radius 1 is 1.47 bits per heavy atom. The number of rotatable bonds is 2. The van der Waals surface area contributed by atoms with Crippen LogP contribution in [0.1, 0.15) is 32.6 Å². The van der Waals surface area contributed by atoms with Crippen molar-refractivity contribution in [3.8, 4) is 0 Å². The van der Waals surface area contributed by atoms with E-state index in [4.69, 9.17) is 5.73 Å². The van der Waals surface area contributed by atoms with Gasteiger partial charge in [0.1, 0.15) is 0 Å². The highest BCUT2D eigenvalue weighted by Crippen LogP contribution is 2.54. The van der Waals surface area contributed by atoms with Crippen molar-refractivity contribution < 1.29 is 5.11 Å². The van der Waals surface area contributed by atoms with E-state index in [1.807, 2.05) is 6.92 Å². The second-order valence-corrected chi connectivity index (χ2v) is 6.02. The van der Waals surface area contributed by atoms with Crippen LogP contribution in [0.15, 0.2) is 0 Å². The van der Waals surface area contributed by atoms with Crippen LogP contribution in [0, 0.1) is 11.3 Å². The Morgan fingerprint density at radius 3 is 2.60 bits per heavy atom. The van der Waals surface area contributed by atoms with Gasteiger partial charge in [-0.05, 0) is 64.1 Å². The van der Waals surface area contributed by atoms with Gasteiger partial charge in [0.25, 0.3) is 0 Å². The van der Waals surface area contributed by atoms with Crippen LogP contribution in [0.3, 0.4) is 0 Å². The fourth-order valence-corrected chi connectivity index (χ4v) is 3.73. The zero-order chi connectivity index (χ0) is 11.1. The van der Waals surface area contributed by atoms with Gasteiger partial charge in [-0.15, -0.1) is 0 Å². The fraction of sp³-hybridized carbons (Fsp3) is 1.00. The first-order chi connectivity index (χ1) is 6.97. The molecule has 1 saturated heterocycles. The lowest BCUT2D eigenvalue weighted by Gasteiger charge is -2.57. The third-order valence-corrected chi connectivity index (χ3v) is 4.36. The lowest BCUT2D eigenvalue weighted by molar-refractivity contribution is -0.145. The summed E-state index contributed by atoms with van der Waals surface area (Å²) in [5.41, 5.74) is 5.72. The molecule has 0 aromatic carbocycles. The predicted molar refractivity (Wildman–Crippen MR) is 61.6 cm³/mol. The van der Waals surface area contributed by atoms with Crippen LogP contribution in [-0.4, -0.2) is 42.3 Å². The highest BCUT2D eigenvalue weighted by atomic mass is 16.3. The molecule has 15 heavy (non-hydrogen) atoms. The maximum absolute atomic E-state index is 9.91. The summed E-state index contributed by atoms with van der Waals surface area (Å²) in [5.74, 6) is 0.696. The second kappa shape index (κ2) is 3.72. The molecule has 0 aromatic rings. The first-order valence-corrected chi connectivity index (χ1v) is 6.08. The minimum Gasteiger partial charge on any atom is -0.390 e. The van der Waals surface area contributed by atoms with Crippen molar-refractivity contribution in [3.05, 3.63) is 0 Å². The quantitative estimate of drug-likeness (QED) is 0.712. The number of nitrogens with zero attached hydrogens (tertiary/aromatic N) is 1. The minimum absolute atomic E-state index is 0.234. The maximum Gasteiger partial charge on any atom is 0.0631 e. The summed E-state index contributed by atoms with van der Waals surface area (Å²) < 4.78 is 0. The van der Waals surface area contributed by atoms with Gasteiger partial charge in [0.15, 0.2) is 0 Å². The average Bonchev–Trinajstić information content (AvgIpc) is 2.13. The van der Waals surface area contributed by atoms with Gasteiger partial charge in [-0.25, -0.2) is 0 Å². The Morgan fingerprint density at radius 2 is 2.13 bits per heavy atom. The molecule has 1 aliphatic heterocycles. The zero-order valence-corrected chi connectivity index (χ0v) is 10.00. The van der Waals surface area contributed by atoms with Crippen LogP contribution in [0.25, 0.3) is 0 Å². The molecule has 3 nitrogen and oxygen atoms in total. The molecule has 0 radical (unpaired) electrons. The Balaban J connectivity index is 2.01. The number of nitrogens with two attached hydrogens (primary N) is 1. The number of hydrogen-bond donors (Lipinski definition) is 2. The van der Waals surface area contributed by atoms with Gasteiger partial charge in [0.05, 0.1) is 5.60 Å². The lowest BCUT2D eigenvalue weighted by Crippen LogP contribution is -2.59. The predicted octanol–water partition coefficient (Wildman–Crippen LogP) is 0.818. The van der Waals surface area contributed by atoms with Crippen LogP contribution in [0.2, 0.25) is 0 Å². The summed E-state index contributed by atoms with van der Waals surface area (Å²) in [6.45, 7) is 5.05. The fourth-order valence-electron chi connectivity index (χ4n) is 3.73. The number of likely N-dealkylation sites (tertiary alicyclic amines) is 1. The monoisotopic (exact) mass is 212 g/mol. The van der Waals surface area contributed by atoms with Crippen molar-refractivity contribution in [2.24, 2.45) is 17.1 Å². The molecule has 0 amide bonds. The van der Waals surface area contributed by atoms with Crippen molar-refractivity contribution in [1.82, 2.24) is 4.90 Å². The number of piperidine rings is 1. The molecule has 1 atom stereocenters. The SMILES string of the molecule is CN1CCCC(C2(CN)CC(C)(O)C2)C1. The van der Waals surface area contributed by atoms with Crippen LogP contribution in [0.5, 0.6) is 0 Å². The average molecular weight is 212 g/mol. The third-order valence-electron chi connectivity index (χ3n) is 4.36. The summed E-state index contributed by atoms with van der Waals surface area (Å²) >= 11 is 0. The van der Waals surface area contributed by atoms with Gasteiger partial charge < -0.3 is 15.7 Å². The van der Waals surface area contributed by atoms with E-state index in [1.165, 1.54) is 19.4 Å². The van der Waals surface area contributed by atoms with E-state index in [9.17, 15) is 5.11 Å². The Bertz CT molecular complexity index is 232. The molecule has 0 aromatic heterocycles. The molecule has 2 fully saturated rings.